The van der Waals surface area contributed by atoms with Crippen LogP contribution in [0.25, 0.3) is 0 Å². The normalized spacial score (nSPS) is 13.0. The maximum atomic E-state index is 12.1. The maximum absolute atomic E-state index is 12.1. The van der Waals surface area contributed by atoms with Gasteiger partial charge in [0.05, 0.1) is 14.2 Å². The summed E-state index contributed by atoms with van der Waals surface area (Å²) in [4.78, 5) is 23.4. The molecule has 1 rings (SSSR count). The molecule has 0 saturated carbocycles. The molecule has 1 amide bonds. The third-order valence-electron chi connectivity index (χ3n) is 3.73. The van der Waals surface area contributed by atoms with E-state index in [0.717, 1.165) is 5.56 Å². The van der Waals surface area contributed by atoms with Crippen LogP contribution >= 0.6 is 0 Å². The molecule has 23 heavy (non-hydrogen) atoms. The minimum atomic E-state index is -1.22. The van der Waals surface area contributed by atoms with Crippen LogP contribution in [0.4, 0.5) is 0 Å². The van der Waals surface area contributed by atoms with Gasteiger partial charge in [0, 0.05) is 6.42 Å². The van der Waals surface area contributed by atoms with Gasteiger partial charge >= 0.3 is 5.97 Å². The Morgan fingerprint density at radius 2 is 1.87 bits per heavy atom. The minimum Gasteiger partial charge on any atom is -0.493 e. The van der Waals surface area contributed by atoms with Gasteiger partial charge in [0.15, 0.2) is 11.5 Å². The SMILES string of the molecule is CCCC(C)(NC(=O)CCc1ccc(OC)c(OC)c1)C(=O)O. The van der Waals surface area contributed by atoms with Crippen LogP contribution in [0.15, 0.2) is 18.2 Å². The number of aryl methyl sites for hydroxylation is 1. The van der Waals surface area contributed by atoms with Gasteiger partial charge in [-0.25, -0.2) is 4.79 Å². The Kier molecular flexibility index (Phi) is 6.88. The zero-order valence-electron chi connectivity index (χ0n) is 14.1. The number of amides is 1. The number of carboxylic acid groups (broad SMARTS) is 1. The van der Waals surface area contributed by atoms with Gasteiger partial charge < -0.3 is 19.9 Å². The number of hydrogen-bond donors (Lipinski definition) is 2. The van der Waals surface area contributed by atoms with Gasteiger partial charge in [0.2, 0.25) is 5.91 Å². The average molecular weight is 323 g/mol. The van der Waals surface area contributed by atoms with Crippen molar-refractivity contribution in [2.75, 3.05) is 14.2 Å². The second-order valence-corrected chi connectivity index (χ2v) is 5.62. The quantitative estimate of drug-likeness (QED) is 0.729. The molecule has 0 radical (unpaired) electrons. The molecule has 6 nitrogen and oxygen atoms in total. The first kappa shape index (κ1) is 18.8. The molecule has 0 spiro atoms. The van der Waals surface area contributed by atoms with Crippen molar-refractivity contribution in [1.82, 2.24) is 5.32 Å². The van der Waals surface area contributed by atoms with Gasteiger partial charge in [-0.3, -0.25) is 4.79 Å². The molecule has 1 aromatic carbocycles. The fourth-order valence-electron chi connectivity index (χ4n) is 2.39. The number of benzene rings is 1. The van der Waals surface area contributed by atoms with Gasteiger partial charge in [-0.2, -0.15) is 0 Å². The van der Waals surface area contributed by atoms with Crippen molar-refractivity contribution >= 4 is 11.9 Å². The maximum Gasteiger partial charge on any atom is 0.329 e. The van der Waals surface area contributed by atoms with Gasteiger partial charge in [-0.15, -0.1) is 0 Å². The molecule has 1 aromatic rings. The van der Waals surface area contributed by atoms with E-state index < -0.39 is 11.5 Å². The van der Waals surface area contributed by atoms with Gasteiger partial charge in [-0.05, 0) is 37.5 Å². The summed E-state index contributed by atoms with van der Waals surface area (Å²) in [6, 6.07) is 5.45. The summed E-state index contributed by atoms with van der Waals surface area (Å²) >= 11 is 0. The number of hydrogen-bond acceptors (Lipinski definition) is 4. The number of ether oxygens (including phenoxy) is 2. The fraction of sp³-hybridized carbons (Fsp3) is 0.529. The molecule has 0 aliphatic rings. The lowest BCUT2D eigenvalue weighted by Crippen LogP contribution is -2.52. The number of methoxy groups -OCH3 is 2. The Balaban J connectivity index is 2.67. The largest absolute Gasteiger partial charge is 0.493 e. The highest BCUT2D eigenvalue weighted by Crippen LogP contribution is 2.28. The van der Waals surface area contributed by atoms with E-state index in [1.807, 2.05) is 19.1 Å². The summed E-state index contributed by atoms with van der Waals surface area (Å²) in [6.45, 7) is 3.42. The van der Waals surface area contributed by atoms with Crippen molar-refractivity contribution in [2.24, 2.45) is 0 Å². The Labute approximate surface area is 136 Å². The second-order valence-electron chi connectivity index (χ2n) is 5.62. The van der Waals surface area contributed by atoms with Crippen molar-refractivity contribution in [3.63, 3.8) is 0 Å². The number of carbonyl (C=O) groups excluding carboxylic acids is 1. The molecule has 0 fully saturated rings. The molecular formula is C17H25NO5. The number of carboxylic acids is 1. The van der Waals surface area contributed by atoms with Crippen LogP contribution in [-0.4, -0.2) is 36.7 Å². The second kappa shape index (κ2) is 8.41. The molecule has 0 aliphatic carbocycles. The summed E-state index contributed by atoms with van der Waals surface area (Å²) in [7, 11) is 3.11. The Morgan fingerprint density at radius 1 is 1.22 bits per heavy atom. The zero-order valence-corrected chi connectivity index (χ0v) is 14.1. The van der Waals surface area contributed by atoms with Crippen LogP contribution in [0, 0.1) is 0 Å². The number of carbonyl (C=O) groups is 2. The summed E-state index contributed by atoms with van der Waals surface area (Å²) in [5.41, 5.74) is -0.297. The first-order valence-corrected chi connectivity index (χ1v) is 7.61. The fourth-order valence-corrected chi connectivity index (χ4v) is 2.39. The molecule has 0 bridgehead atoms. The third kappa shape index (κ3) is 5.16. The number of aliphatic carboxylic acids is 1. The molecule has 1 atom stereocenters. The molecule has 0 heterocycles. The van der Waals surface area contributed by atoms with Crippen LogP contribution in [0.2, 0.25) is 0 Å². The first-order valence-electron chi connectivity index (χ1n) is 7.61. The molecule has 2 N–H and O–H groups in total. The molecule has 1 unspecified atom stereocenters. The van der Waals surface area contributed by atoms with Crippen LogP contribution < -0.4 is 14.8 Å². The summed E-state index contributed by atoms with van der Waals surface area (Å²) in [6.07, 6.45) is 1.78. The van der Waals surface area contributed by atoms with Crippen molar-refractivity contribution < 1.29 is 24.2 Å². The predicted molar refractivity (Wildman–Crippen MR) is 87.0 cm³/mol. The van der Waals surface area contributed by atoms with Crippen molar-refractivity contribution in [2.45, 2.75) is 45.1 Å². The highest BCUT2D eigenvalue weighted by molar-refractivity contribution is 5.86. The summed E-state index contributed by atoms with van der Waals surface area (Å²) in [5.74, 6) is -0.0641. The lowest BCUT2D eigenvalue weighted by Gasteiger charge is -2.25. The monoisotopic (exact) mass is 323 g/mol. The van der Waals surface area contributed by atoms with Gasteiger partial charge in [-0.1, -0.05) is 19.4 Å². The van der Waals surface area contributed by atoms with E-state index in [-0.39, 0.29) is 12.3 Å². The Morgan fingerprint density at radius 3 is 2.39 bits per heavy atom. The summed E-state index contributed by atoms with van der Waals surface area (Å²) < 4.78 is 10.4. The van der Waals surface area contributed by atoms with Crippen LogP contribution in [-0.2, 0) is 16.0 Å². The standard InChI is InChI=1S/C17H25NO5/c1-5-10-17(2,16(20)21)18-15(19)9-7-12-6-8-13(22-3)14(11-12)23-4/h6,8,11H,5,7,9-10H2,1-4H3,(H,18,19)(H,20,21). The molecule has 0 aromatic heterocycles. The van der Waals surface area contributed by atoms with Crippen molar-refractivity contribution in [3.05, 3.63) is 23.8 Å². The van der Waals surface area contributed by atoms with E-state index in [2.05, 4.69) is 5.32 Å². The minimum absolute atomic E-state index is 0.210. The van der Waals surface area contributed by atoms with E-state index in [9.17, 15) is 14.7 Å². The summed E-state index contributed by atoms with van der Waals surface area (Å²) in [5, 5.41) is 11.9. The lowest BCUT2D eigenvalue weighted by molar-refractivity contribution is -0.147. The number of rotatable bonds is 9. The zero-order chi connectivity index (χ0) is 17.5. The molecule has 6 heteroatoms. The highest BCUT2D eigenvalue weighted by atomic mass is 16.5. The lowest BCUT2D eigenvalue weighted by atomic mass is 9.96. The van der Waals surface area contributed by atoms with E-state index in [0.29, 0.717) is 30.8 Å². The van der Waals surface area contributed by atoms with E-state index in [1.165, 1.54) is 6.92 Å². The third-order valence-corrected chi connectivity index (χ3v) is 3.73. The Hall–Kier alpha value is -2.24. The highest BCUT2D eigenvalue weighted by Gasteiger charge is 2.33. The smallest absolute Gasteiger partial charge is 0.329 e. The average Bonchev–Trinajstić information content (AvgIpc) is 2.52. The molecule has 0 aliphatic heterocycles. The van der Waals surface area contributed by atoms with Gasteiger partial charge in [0.25, 0.3) is 0 Å². The molecule has 128 valence electrons. The predicted octanol–water partition coefficient (Wildman–Crippen LogP) is 2.40. The van der Waals surface area contributed by atoms with E-state index in [1.54, 1.807) is 20.3 Å². The van der Waals surface area contributed by atoms with Crippen LogP contribution in [0.3, 0.4) is 0 Å². The van der Waals surface area contributed by atoms with Crippen LogP contribution in [0.1, 0.15) is 38.7 Å². The molecule has 0 saturated heterocycles. The molecular weight excluding hydrogens is 298 g/mol. The van der Waals surface area contributed by atoms with Crippen LogP contribution in [0.5, 0.6) is 11.5 Å². The van der Waals surface area contributed by atoms with E-state index >= 15 is 0 Å². The number of nitrogens with one attached hydrogen (secondary N) is 1. The van der Waals surface area contributed by atoms with Crippen molar-refractivity contribution in [1.29, 1.82) is 0 Å². The van der Waals surface area contributed by atoms with Gasteiger partial charge in [0.1, 0.15) is 5.54 Å². The topological polar surface area (TPSA) is 84.9 Å². The van der Waals surface area contributed by atoms with Crippen molar-refractivity contribution in [3.8, 4) is 11.5 Å². The Bertz CT molecular complexity index is 558. The van der Waals surface area contributed by atoms with E-state index in [4.69, 9.17) is 9.47 Å². The first-order chi connectivity index (χ1) is 10.9.